The van der Waals surface area contributed by atoms with Gasteiger partial charge in [-0.1, -0.05) is 37.3 Å². The number of benzene rings is 1. The van der Waals surface area contributed by atoms with Crippen LogP contribution in [0.2, 0.25) is 0 Å². The first kappa shape index (κ1) is 11.0. The van der Waals surface area contributed by atoms with E-state index in [2.05, 4.69) is 24.4 Å². The van der Waals surface area contributed by atoms with Gasteiger partial charge in [-0.05, 0) is 18.4 Å². The van der Waals surface area contributed by atoms with Crippen molar-refractivity contribution in [2.24, 2.45) is 0 Å². The molecule has 0 aliphatic carbocycles. The summed E-state index contributed by atoms with van der Waals surface area (Å²) in [7, 11) is 0. The Bertz CT molecular complexity index is 346. The van der Waals surface area contributed by atoms with Crippen LogP contribution in [-0.2, 0) is 0 Å². The van der Waals surface area contributed by atoms with Gasteiger partial charge in [-0.15, -0.1) is 0 Å². The lowest BCUT2D eigenvalue weighted by Gasteiger charge is -2.32. The van der Waals surface area contributed by atoms with E-state index in [1.165, 1.54) is 5.56 Å². The molecule has 1 aromatic rings. The maximum Gasteiger partial charge on any atom is 0.317 e. The third kappa shape index (κ3) is 2.35. The van der Waals surface area contributed by atoms with Gasteiger partial charge >= 0.3 is 6.03 Å². The number of carbonyl (C=O) groups excluding carboxylic acids is 1. The molecule has 0 saturated carbocycles. The van der Waals surface area contributed by atoms with Gasteiger partial charge in [-0.3, -0.25) is 0 Å². The van der Waals surface area contributed by atoms with Crippen LogP contribution < -0.4 is 5.32 Å². The first-order valence-electron chi connectivity index (χ1n) is 5.91. The molecular formula is C13H18N2O. The molecular weight excluding hydrogens is 200 g/mol. The Labute approximate surface area is 96.5 Å². The van der Waals surface area contributed by atoms with Gasteiger partial charge in [0.15, 0.2) is 0 Å². The highest BCUT2D eigenvalue weighted by molar-refractivity contribution is 5.75. The van der Waals surface area contributed by atoms with Gasteiger partial charge in [-0.25, -0.2) is 4.79 Å². The summed E-state index contributed by atoms with van der Waals surface area (Å²) in [5, 5.41) is 3.07. The Hall–Kier alpha value is -1.51. The van der Waals surface area contributed by atoms with E-state index >= 15 is 0 Å². The van der Waals surface area contributed by atoms with Crippen LogP contribution in [-0.4, -0.2) is 24.0 Å². The third-order valence-corrected chi connectivity index (χ3v) is 3.05. The van der Waals surface area contributed by atoms with Crippen molar-refractivity contribution in [1.82, 2.24) is 10.2 Å². The van der Waals surface area contributed by atoms with Crippen molar-refractivity contribution in [3.05, 3.63) is 35.9 Å². The van der Waals surface area contributed by atoms with Gasteiger partial charge in [-0.2, -0.15) is 0 Å². The Morgan fingerprint density at radius 2 is 2.06 bits per heavy atom. The van der Waals surface area contributed by atoms with Crippen molar-refractivity contribution in [2.45, 2.75) is 25.8 Å². The van der Waals surface area contributed by atoms with Crippen LogP contribution in [0.15, 0.2) is 30.3 Å². The highest BCUT2D eigenvalue weighted by atomic mass is 16.2. The molecule has 0 unspecified atom stereocenters. The van der Waals surface area contributed by atoms with E-state index in [-0.39, 0.29) is 12.1 Å². The number of hydrogen-bond acceptors (Lipinski definition) is 1. The molecule has 1 heterocycles. The molecule has 16 heavy (non-hydrogen) atoms. The van der Waals surface area contributed by atoms with Crippen LogP contribution >= 0.6 is 0 Å². The Balaban J connectivity index is 1.97. The normalized spacial score (nSPS) is 16.4. The molecule has 1 saturated heterocycles. The molecule has 3 nitrogen and oxygen atoms in total. The number of rotatable bonds is 3. The number of nitrogens with zero attached hydrogens (tertiary/aromatic N) is 1. The smallest absolute Gasteiger partial charge is 0.317 e. The second-order valence-corrected chi connectivity index (χ2v) is 4.16. The van der Waals surface area contributed by atoms with Crippen molar-refractivity contribution in [1.29, 1.82) is 0 Å². The van der Waals surface area contributed by atoms with Gasteiger partial charge in [0.05, 0.1) is 6.04 Å². The summed E-state index contributed by atoms with van der Waals surface area (Å²) in [6.07, 6.45) is 2.05. The SMILES string of the molecule is CC[C@@H](NC(=O)N1CCC1)c1ccccc1. The molecule has 86 valence electrons. The minimum Gasteiger partial charge on any atom is -0.331 e. The molecule has 0 aromatic heterocycles. The minimum atomic E-state index is 0.0713. The Morgan fingerprint density at radius 3 is 2.56 bits per heavy atom. The van der Waals surface area contributed by atoms with Crippen LogP contribution in [0.5, 0.6) is 0 Å². The van der Waals surface area contributed by atoms with E-state index in [4.69, 9.17) is 0 Å². The predicted octanol–water partition coefficient (Wildman–Crippen LogP) is 2.55. The molecule has 1 aliphatic rings. The zero-order valence-electron chi connectivity index (χ0n) is 9.65. The van der Waals surface area contributed by atoms with Crippen LogP contribution in [0.1, 0.15) is 31.4 Å². The zero-order chi connectivity index (χ0) is 11.4. The fourth-order valence-corrected chi connectivity index (χ4v) is 1.87. The summed E-state index contributed by atoms with van der Waals surface area (Å²) in [4.78, 5) is 13.6. The Kier molecular flexibility index (Phi) is 3.44. The molecule has 2 amide bonds. The molecule has 0 radical (unpaired) electrons. The van der Waals surface area contributed by atoms with Gasteiger partial charge in [0.2, 0.25) is 0 Å². The van der Waals surface area contributed by atoms with Crippen LogP contribution in [0.25, 0.3) is 0 Å². The summed E-state index contributed by atoms with van der Waals surface area (Å²) >= 11 is 0. The predicted molar refractivity (Wildman–Crippen MR) is 64.2 cm³/mol. The topological polar surface area (TPSA) is 32.3 Å². The van der Waals surface area contributed by atoms with Crippen LogP contribution in [0, 0.1) is 0 Å². The highest BCUT2D eigenvalue weighted by Crippen LogP contribution is 2.17. The number of hydrogen-bond donors (Lipinski definition) is 1. The minimum absolute atomic E-state index is 0.0713. The molecule has 1 aromatic carbocycles. The molecule has 1 aliphatic heterocycles. The zero-order valence-corrected chi connectivity index (χ0v) is 9.65. The third-order valence-electron chi connectivity index (χ3n) is 3.05. The number of nitrogens with one attached hydrogen (secondary N) is 1. The average Bonchev–Trinajstić information content (AvgIpc) is 2.24. The maximum absolute atomic E-state index is 11.8. The van der Waals surface area contributed by atoms with Crippen LogP contribution in [0.4, 0.5) is 4.79 Å². The summed E-state index contributed by atoms with van der Waals surface area (Å²) in [6.45, 7) is 3.89. The van der Waals surface area contributed by atoms with Crippen LogP contribution in [0.3, 0.4) is 0 Å². The number of carbonyl (C=O) groups is 1. The van der Waals surface area contributed by atoms with Crippen molar-refractivity contribution in [2.75, 3.05) is 13.1 Å². The van der Waals surface area contributed by atoms with E-state index < -0.39 is 0 Å². The molecule has 1 atom stereocenters. The van der Waals surface area contributed by atoms with Gasteiger partial charge in [0.1, 0.15) is 0 Å². The van der Waals surface area contributed by atoms with Gasteiger partial charge < -0.3 is 10.2 Å². The van der Waals surface area contributed by atoms with E-state index in [0.29, 0.717) is 0 Å². The molecule has 2 rings (SSSR count). The van der Waals surface area contributed by atoms with E-state index in [1.54, 1.807) is 0 Å². The first-order chi connectivity index (χ1) is 7.81. The van der Waals surface area contributed by atoms with E-state index in [9.17, 15) is 4.79 Å². The average molecular weight is 218 g/mol. The number of likely N-dealkylation sites (tertiary alicyclic amines) is 1. The van der Waals surface area contributed by atoms with E-state index in [1.807, 2.05) is 23.1 Å². The highest BCUT2D eigenvalue weighted by Gasteiger charge is 2.22. The van der Waals surface area contributed by atoms with Gasteiger partial charge in [0, 0.05) is 13.1 Å². The summed E-state index contributed by atoms with van der Waals surface area (Å²) in [5.74, 6) is 0. The van der Waals surface area contributed by atoms with Crippen molar-refractivity contribution in [3.8, 4) is 0 Å². The molecule has 0 spiro atoms. The summed E-state index contributed by atoms with van der Waals surface area (Å²) < 4.78 is 0. The standard InChI is InChI=1S/C13H18N2O/c1-2-12(11-7-4-3-5-8-11)14-13(16)15-9-6-10-15/h3-5,7-8,12H,2,6,9-10H2,1H3,(H,14,16)/t12-/m1/s1. The fourth-order valence-electron chi connectivity index (χ4n) is 1.87. The first-order valence-corrected chi connectivity index (χ1v) is 5.91. The monoisotopic (exact) mass is 218 g/mol. The molecule has 3 heteroatoms. The largest absolute Gasteiger partial charge is 0.331 e. The second kappa shape index (κ2) is 5.01. The number of urea groups is 1. The molecule has 1 fully saturated rings. The molecule has 1 N–H and O–H groups in total. The second-order valence-electron chi connectivity index (χ2n) is 4.16. The Morgan fingerprint density at radius 1 is 1.38 bits per heavy atom. The van der Waals surface area contributed by atoms with Crippen molar-refractivity contribution < 1.29 is 4.79 Å². The molecule has 0 bridgehead atoms. The number of amides is 2. The van der Waals surface area contributed by atoms with E-state index in [0.717, 1.165) is 25.9 Å². The maximum atomic E-state index is 11.8. The van der Waals surface area contributed by atoms with Crippen molar-refractivity contribution in [3.63, 3.8) is 0 Å². The summed E-state index contributed by atoms with van der Waals surface area (Å²) in [6, 6.07) is 10.3. The lowest BCUT2D eigenvalue weighted by atomic mass is 10.0. The lowest BCUT2D eigenvalue weighted by molar-refractivity contribution is 0.163. The van der Waals surface area contributed by atoms with Crippen molar-refractivity contribution >= 4 is 6.03 Å². The summed E-state index contributed by atoms with van der Waals surface area (Å²) in [5.41, 5.74) is 1.18. The quantitative estimate of drug-likeness (QED) is 0.830. The lowest BCUT2D eigenvalue weighted by Crippen LogP contribution is -2.48. The fraction of sp³-hybridized carbons (Fsp3) is 0.462. The van der Waals surface area contributed by atoms with Gasteiger partial charge in [0.25, 0.3) is 0 Å².